The molecule has 0 aliphatic heterocycles. The fraction of sp³-hybridized carbons (Fsp3) is 0.174. The van der Waals surface area contributed by atoms with Crippen LogP contribution in [0.3, 0.4) is 0 Å². The molecule has 0 spiro atoms. The number of ether oxygens (including phenoxy) is 1. The van der Waals surface area contributed by atoms with Crippen molar-refractivity contribution in [2.24, 2.45) is 0 Å². The molecule has 0 heterocycles. The van der Waals surface area contributed by atoms with Gasteiger partial charge in [0.1, 0.15) is 12.4 Å². The summed E-state index contributed by atoms with van der Waals surface area (Å²) in [6.07, 6.45) is 0.432. The van der Waals surface area contributed by atoms with Gasteiger partial charge in [-0.1, -0.05) is 78.4 Å². The average Bonchev–Trinajstić information content (AvgIpc) is 2.66. The number of aryl methyl sites for hydroxylation is 1. The Morgan fingerprint density at radius 1 is 0.923 bits per heavy atom. The van der Waals surface area contributed by atoms with E-state index in [1.54, 1.807) is 0 Å². The molecule has 3 aromatic carbocycles. The lowest BCUT2D eigenvalue weighted by atomic mass is 9.90. The topological polar surface area (TPSA) is 46.5 Å². The second-order valence-electron chi connectivity index (χ2n) is 6.40. The number of hydrogen-bond donors (Lipinski definition) is 1. The average molecular weight is 346 g/mol. The minimum absolute atomic E-state index is 0.411. The molecule has 132 valence electrons. The second-order valence-corrected chi connectivity index (χ2v) is 6.40. The van der Waals surface area contributed by atoms with Crippen LogP contribution in [0.2, 0.25) is 0 Å². The van der Waals surface area contributed by atoms with Crippen molar-refractivity contribution >= 4 is 5.97 Å². The summed E-state index contributed by atoms with van der Waals surface area (Å²) in [4.78, 5) is 12.0. The van der Waals surface area contributed by atoms with Crippen LogP contribution in [-0.2, 0) is 17.8 Å². The van der Waals surface area contributed by atoms with E-state index in [-0.39, 0.29) is 0 Å². The number of rotatable bonds is 7. The summed E-state index contributed by atoms with van der Waals surface area (Å²) in [5, 5.41) is 9.83. The van der Waals surface area contributed by atoms with Gasteiger partial charge in [-0.15, -0.1) is 0 Å². The third kappa shape index (κ3) is 4.51. The lowest BCUT2D eigenvalue weighted by Crippen LogP contribution is -2.16. The molecule has 0 aromatic heterocycles. The van der Waals surface area contributed by atoms with Crippen LogP contribution >= 0.6 is 0 Å². The highest BCUT2D eigenvalue weighted by Crippen LogP contribution is 2.31. The van der Waals surface area contributed by atoms with Gasteiger partial charge in [0.25, 0.3) is 0 Å². The van der Waals surface area contributed by atoms with Crippen molar-refractivity contribution in [3.05, 3.63) is 101 Å². The summed E-state index contributed by atoms with van der Waals surface area (Å²) in [7, 11) is 0. The first kappa shape index (κ1) is 17.7. The van der Waals surface area contributed by atoms with Crippen molar-refractivity contribution in [3.8, 4) is 5.75 Å². The molecule has 0 bridgehead atoms. The van der Waals surface area contributed by atoms with Gasteiger partial charge in [0.2, 0.25) is 0 Å². The van der Waals surface area contributed by atoms with Crippen LogP contribution in [-0.4, -0.2) is 11.1 Å². The van der Waals surface area contributed by atoms with Crippen LogP contribution in [0.1, 0.15) is 28.2 Å². The minimum Gasteiger partial charge on any atom is -0.489 e. The molecule has 0 saturated carbocycles. The van der Waals surface area contributed by atoms with Gasteiger partial charge in [0, 0.05) is 5.56 Å². The maximum Gasteiger partial charge on any atom is 0.311 e. The molecule has 0 saturated heterocycles. The Morgan fingerprint density at radius 2 is 1.54 bits per heavy atom. The molecule has 1 N–H and O–H groups in total. The Morgan fingerprint density at radius 3 is 2.15 bits per heavy atom. The molecule has 1 unspecified atom stereocenters. The lowest BCUT2D eigenvalue weighted by molar-refractivity contribution is -0.138. The van der Waals surface area contributed by atoms with E-state index in [1.807, 2.05) is 85.8 Å². The second kappa shape index (κ2) is 8.34. The molecule has 0 amide bonds. The van der Waals surface area contributed by atoms with Crippen LogP contribution in [0.15, 0.2) is 78.9 Å². The highest BCUT2D eigenvalue weighted by Gasteiger charge is 2.24. The van der Waals surface area contributed by atoms with Crippen molar-refractivity contribution in [2.75, 3.05) is 0 Å². The van der Waals surface area contributed by atoms with Crippen LogP contribution in [0.4, 0.5) is 0 Å². The predicted octanol–water partition coefficient (Wildman–Crippen LogP) is 4.98. The monoisotopic (exact) mass is 346 g/mol. The van der Waals surface area contributed by atoms with Gasteiger partial charge in [-0.3, -0.25) is 4.79 Å². The van der Waals surface area contributed by atoms with E-state index in [9.17, 15) is 9.90 Å². The van der Waals surface area contributed by atoms with E-state index in [0.29, 0.717) is 18.8 Å². The molecule has 0 fully saturated rings. The lowest BCUT2D eigenvalue weighted by Gasteiger charge is -2.18. The number of carbonyl (C=O) groups is 1. The molecule has 0 aliphatic carbocycles. The molecular weight excluding hydrogens is 324 g/mol. The summed E-state index contributed by atoms with van der Waals surface area (Å²) in [5.41, 5.74) is 3.79. The van der Waals surface area contributed by atoms with Gasteiger partial charge < -0.3 is 9.84 Å². The van der Waals surface area contributed by atoms with E-state index in [4.69, 9.17) is 4.74 Å². The summed E-state index contributed by atoms with van der Waals surface area (Å²) in [6.45, 7) is 2.38. The summed E-state index contributed by atoms with van der Waals surface area (Å²) < 4.78 is 5.98. The van der Waals surface area contributed by atoms with Crippen LogP contribution < -0.4 is 4.74 Å². The number of aliphatic carboxylic acids is 1. The maximum atomic E-state index is 12.0. The normalized spacial score (nSPS) is 11.7. The van der Waals surface area contributed by atoms with Gasteiger partial charge in [-0.05, 0) is 30.5 Å². The van der Waals surface area contributed by atoms with Gasteiger partial charge in [-0.25, -0.2) is 0 Å². The van der Waals surface area contributed by atoms with E-state index in [0.717, 1.165) is 22.3 Å². The Hall–Kier alpha value is -3.07. The quantitative estimate of drug-likeness (QED) is 0.656. The van der Waals surface area contributed by atoms with Gasteiger partial charge >= 0.3 is 5.97 Å². The minimum atomic E-state index is -0.844. The van der Waals surface area contributed by atoms with Crippen molar-refractivity contribution < 1.29 is 14.6 Å². The Labute approximate surface area is 153 Å². The van der Waals surface area contributed by atoms with Crippen LogP contribution in [0.5, 0.6) is 5.75 Å². The van der Waals surface area contributed by atoms with Crippen molar-refractivity contribution in [3.63, 3.8) is 0 Å². The zero-order valence-electron chi connectivity index (χ0n) is 14.8. The number of carboxylic acid groups (broad SMARTS) is 1. The molecule has 0 radical (unpaired) electrons. The summed E-state index contributed by atoms with van der Waals surface area (Å²) >= 11 is 0. The third-order valence-corrected chi connectivity index (χ3v) is 4.36. The fourth-order valence-corrected chi connectivity index (χ4v) is 2.99. The van der Waals surface area contributed by atoms with E-state index < -0.39 is 11.9 Å². The first-order valence-corrected chi connectivity index (χ1v) is 8.67. The third-order valence-electron chi connectivity index (χ3n) is 4.36. The predicted molar refractivity (Wildman–Crippen MR) is 102 cm³/mol. The largest absolute Gasteiger partial charge is 0.489 e. The zero-order valence-corrected chi connectivity index (χ0v) is 14.8. The molecule has 3 aromatic rings. The fourth-order valence-electron chi connectivity index (χ4n) is 2.99. The van der Waals surface area contributed by atoms with E-state index in [2.05, 4.69) is 0 Å². The molecule has 26 heavy (non-hydrogen) atoms. The van der Waals surface area contributed by atoms with Crippen LogP contribution in [0.25, 0.3) is 0 Å². The van der Waals surface area contributed by atoms with Crippen molar-refractivity contribution in [2.45, 2.75) is 25.9 Å². The highest BCUT2D eigenvalue weighted by molar-refractivity contribution is 5.78. The smallest absolute Gasteiger partial charge is 0.311 e. The number of benzene rings is 3. The molecule has 3 rings (SSSR count). The Balaban J connectivity index is 1.88. The van der Waals surface area contributed by atoms with Gasteiger partial charge in [0.15, 0.2) is 0 Å². The SMILES string of the molecule is Cc1ccc(OCc2ccccc2)c(C(Cc2ccccc2)C(=O)O)c1. The molecule has 0 aliphatic rings. The molecule has 3 heteroatoms. The summed E-state index contributed by atoms with van der Waals surface area (Å²) in [5.74, 6) is -0.866. The van der Waals surface area contributed by atoms with Crippen molar-refractivity contribution in [1.29, 1.82) is 0 Å². The Bertz CT molecular complexity index is 857. The summed E-state index contributed by atoms with van der Waals surface area (Å²) in [6, 6.07) is 25.3. The standard InChI is InChI=1S/C23H22O3/c1-17-12-13-22(26-16-19-10-6-3-7-11-19)20(14-17)21(23(24)25)15-18-8-4-2-5-9-18/h2-14,21H,15-16H2,1H3,(H,24,25). The number of hydrogen-bond acceptors (Lipinski definition) is 2. The zero-order chi connectivity index (χ0) is 18.4. The maximum absolute atomic E-state index is 12.0. The first-order valence-electron chi connectivity index (χ1n) is 8.67. The molecular formula is C23H22O3. The van der Waals surface area contributed by atoms with E-state index in [1.165, 1.54) is 0 Å². The Kier molecular flexibility index (Phi) is 5.69. The number of carboxylic acids is 1. The van der Waals surface area contributed by atoms with Gasteiger partial charge in [0.05, 0.1) is 5.92 Å². The van der Waals surface area contributed by atoms with Crippen molar-refractivity contribution in [1.82, 2.24) is 0 Å². The van der Waals surface area contributed by atoms with Gasteiger partial charge in [-0.2, -0.15) is 0 Å². The first-order chi connectivity index (χ1) is 12.6. The molecule has 1 atom stereocenters. The van der Waals surface area contributed by atoms with Crippen LogP contribution in [0, 0.1) is 6.92 Å². The highest BCUT2D eigenvalue weighted by atomic mass is 16.5. The van der Waals surface area contributed by atoms with E-state index >= 15 is 0 Å². The molecule has 3 nitrogen and oxygen atoms in total.